The fraction of sp³-hybridized carbons (Fsp3) is 0. The molecule has 0 unspecified atom stereocenters. The molecule has 0 spiro atoms. The molecule has 10 heteroatoms. The summed E-state index contributed by atoms with van der Waals surface area (Å²) < 4.78 is 3.41. The number of nitrogens with zero attached hydrogens (tertiary/aromatic N) is 8. The molecule has 0 aromatic carbocycles. The van der Waals surface area contributed by atoms with E-state index in [-0.39, 0.29) is 27.3 Å². The van der Waals surface area contributed by atoms with E-state index in [1.165, 1.54) is 0 Å². The van der Waals surface area contributed by atoms with Gasteiger partial charge in [-0.2, -0.15) is 0 Å². The van der Waals surface area contributed by atoms with Crippen molar-refractivity contribution < 1.29 is 0 Å². The molecular weight excluding hydrogens is 640 g/mol. The van der Waals surface area contributed by atoms with Gasteiger partial charge in [-0.05, 0) is 80.6 Å². The minimum absolute atomic E-state index is 0. The Hall–Kier alpha value is -3.99. The van der Waals surface area contributed by atoms with E-state index in [4.69, 9.17) is 9.97 Å². The van der Waals surface area contributed by atoms with Crippen molar-refractivity contribution in [2.24, 2.45) is 0 Å². The number of hydrogen-bond donors (Lipinski definition) is 0. The largest absolute Gasteiger partial charge is 1.00 e. The van der Waals surface area contributed by atoms with Crippen molar-refractivity contribution in [3.63, 3.8) is 0 Å². The van der Waals surface area contributed by atoms with Crippen molar-refractivity contribution >= 4 is 34.8 Å². The first-order valence-corrected chi connectivity index (χ1v) is 11.0. The van der Waals surface area contributed by atoms with Crippen LogP contribution in [0.25, 0.3) is 45.6 Å². The first kappa shape index (κ1) is 23.7. The van der Waals surface area contributed by atoms with Gasteiger partial charge in [-0.3, -0.25) is 9.97 Å². The SMILES string of the molecule is [B-](n1ccc(-c2cccc(-c3ccccn3)n2)n1)n1ccc(-c2cccc(-c3ccccn3)n2)n1.[Tl+]. The predicted octanol–water partition coefficient (Wildman–Crippen LogP) is 3.88. The van der Waals surface area contributed by atoms with E-state index < -0.39 is 0 Å². The van der Waals surface area contributed by atoms with Crippen LogP contribution >= 0.6 is 0 Å². The number of rotatable bonds is 6. The van der Waals surface area contributed by atoms with Crippen LogP contribution in [0.5, 0.6) is 0 Å². The number of pyridine rings is 4. The maximum atomic E-state index is 4.72. The molecule has 0 atom stereocenters. The third-order valence-corrected chi connectivity index (χ3v) is 5.33. The van der Waals surface area contributed by atoms with Crippen LogP contribution in [0.3, 0.4) is 0 Å². The summed E-state index contributed by atoms with van der Waals surface area (Å²) in [5.74, 6) is 0. The second-order valence-corrected chi connectivity index (χ2v) is 7.72. The Morgan fingerprint density at radius 1 is 0.444 bits per heavy atom. The summed E-state index contributed by atoms with van der Waals surface area (Å²) in [7, 11) is 1.79. The van der Waals surface area contributed by atoms with Crippen LogP contribution < -0.4 is 0 Å². The topological polar surface area (TPSA) is 87.2 Å². The van der Waals surface area contributed by atoms with Gasteiger partial charge in [-0.25, -0.2) is 20.2 Å². The molecule has 0 saturated heterocycles. The van der Waals surface area contributed by atoms with Gasteiger partial charge in [0.2, 0.25) is 0 Å². The first-order chi connectivity index (χ1) is 17.3. The van der Waals surface area contributed by atoms with Gasteiger partial charge < -0.3 is 9.19 Å². The van der Waals surface area contributed by atoms with Crippen LogP contribution in [0, 0.1) is 0 Å². The van der Waals surface area contributed by atoms with Crippen molar-refractivity contribution in [1.29, 1.82) is 0 Å². The van der Waals surface area contributed by atoms with Gasteiger partial charge in [0.25, 0.3) is 0 Å². The van der Waals surface area contributed by atoms with Gasteiger partial charge in [-0.1, -0.05) is 24.3 Å². The Morgan fingerprint density at radius 2 is 0.861 bits per heavy atom. The molecule has 168 valence electrons. The fourth-order valence-corrected chi connectivity index (χ4v) is 3.67. The molecule has 2 radical (unpaired) electrons. The second-order valence-electron chi connectivity index (χ2n) is 7.72. The molecule has 6 aromatic rings. The molecule has 0 bridgehead atoms. The average Bonchev–Trinajstić information content (AvgIpc) is 3.60. The minimum Gasteiger partial charge on any atom is -0.488 e. The molecule has 0 aliphatic rings. The Bertz CT molecular complexity index is 1460. The molecular formula is C26H18BN8Tl. The average molecular weight is 658 g/mol. The Balaban J connectivity index is 0.00000267. The second kappa shape index (κ2) is 10.7. The maximum absolute atomic E-state index is 4.72. The summed E-state index contributed by atoms with van der Waals surface area (Å²) >= 11 is 0. The standard InChI is InChI=1S/C26H18BN8.Tl/c1-3-15-28-19(7-1)21-9-5-11-23(30-21)25-13-17-34(32-25)27-35-18-14-26(33-35)24-12-6-10-22(31-24)20-8-2-4-16-29-20;/h1-18H;/q-1;+1. The molecule has 0 amide bonds. The van der Waals surface area contributed by atoms with E-state index in [1.807, 2.05) is 97.3 Å². The van der Waals surface area contributed by atoms with Crippen molar-refractivity contribution in [2.75, 3.05) is 0 Å². The van der Waals surface area contributed by atoms with Crippen LogP contribution in [-0.2, 0) is 0 Å². The normalized spacial score (nSPS) is 10.7. The van der Waals surface area contributed by atoms with E-state index in [9.17, 15) is 0 Å². The molecule has 6 rings (SSSR count). The zero-order valence-electron chi connectivity index (χ0n) is 19.1. The molecule has 0 saturated carbocycles. The Labute approximate surface area is 228 Å². The summed E-state index contributed by atoms with van der Waals surface area (Å²) in [6.45, 7) is 0. The van der Waals surface area contributed by atoms with Crippen LogP contribution in [0.1, 0.15) is 0 Å². The van der Waals surface area contributed by atoms with Gasteiger partial charge in [0.1, 0.15) is 11.4 Å². The van der Waals surface area contributed by atoms with Crippen molar-refractivity contribution in [1.82, 2.24) is 39.3 Å². The molecule has 6 heterocycles. The third-order valence-electron chi connectivity index (χ3n) is 5.33. The van der Waals surface area contributed by atoms with Crippen LogP contribution in [0.4, 0.5) is 0 Å². The van der Waals surface area contributed by atoms with Gasteiger partial charge in [-0.15, -0.1) is 0 Å². The van der Waals surface area contributed by atoms with Crippen LogP contribution in [0.2, 0.25) is 0 Å². The van der Waals surface area contributed by atoms with Gasteiger partial charge in [0.05, 0.1) is 34.2 Å². The van der Waals surface area contributed by atoms with Gasteiger partial charge >= 0.3 is 27.3 Å². The molecule has 36 heavy (non-hydrogen) atoms. The summed E-state index contributed by atoms with van der Waals surface area (Å²) in [5, 5.41) is 9.28. The number of hydrogen-bond acceptors (Lipinski definition) is 6. The smallest absolute Gasteiger partial charge is 0.488 e. The zero-order valence-corrected chi connectivity index (χ0v) is 23.6. The molecule has 0 N–H and O–H groups in total. The van der Waals surface area contributed by atoms with E-state index in [2.05, 4.69) is 20.2 Å². The van der Waals surface area contributed by atoms with Crippen molar-refractivity contribution in [3.8, 4) is 45.6 Å². The Morgan fingerprint density at radius 3 is 1.28 bits per heavy atom. The first-order valence-electron chi connectivity index (χ1n) is 11.0. The van der Waals surface area contributed by atoms with Crippen molar-refractivity contribution in [2.45, 2.75) is 0 Å². The van der Waals surface area contributed by atoms with E-state index in [0.29, 0.717) is 0 Å². The summed E-state index contributed by atoms with van der Waals surface area (Å²) in [5.41, 5.74) is 6.33. The molecule has 6 aromatic heterocycles. The molecule has 0 aliphatic heterocycles. The van der Waals surface area contributed by atoms with Crippen molar-refractivity contribution in [3.05, 3.63) is 110 Å². The van der Waals surface area contributed by atoms with E-state index in [1.54, 1.807) is 29.1 Å². The Kier molecular flexibility index (Phi) is 7.08. The quantitative estimate of drug-likeness (QED) is 0.253. The maximum Gasteiger partial charge on any atom is 1.00 e. The minimum atomic E-state index is 0. The summed E-state index contributed by atoms with van der Waals surface area (Å²) in [6.07, 6.45) is 7.25. The van der Waals surface area contributed by atoms with E-state index >= 15 is 0 Å². The molecule has 0 fully saturated rings. The molecule has 0 aliphatic carbocycles. The fourth-order valence-electron chi connectivity index (χ4n) is 3.67. The summed E-state index contributed by atoms with van der Waals surface area (Å²) in [6, 6.07) is 27.1. The predicted molar refractivity (Wildman–Crippen MR) is 140 cm³/mol. The third kappa shape index (κ3) is 5.15. The van der Waals surface area contributed by atoms with Crippen LogP contribution in [0.15, 0.2) is 110 Å². The zero-order chi connectivity index (χ0) is 23.5. The van der Waals surface area contributed by atoms with E-state index in [0.717, 1.165) is 45.6 Å². The number of aromatic nitrogens is 8. The van der Waals surface area contributed by atoms with Gasteiger partial charge in [0.15, 0.2) is 0 Å². The van der Waals surface area contributed by atoms with Gasteiger partial charge in [0, 0.05) is 12.4 Å². The molecule has 8 nitrogen and oxygen atoms in total. The summed E-state index contributed by atoms with van der Waals surface area (Å²) in [4.78, 5) is 18.2. The van der Waals surface area contributed by atoms with Crippen LogP contribution in [-0.4, -0.2) is 74.2 Å². The monoisotopic (exact) mass is 658 g/mol.